The second-order valence-corrected chi connectivity index (χ2v) is 13.6. The van der Waals surface area contributed by atoms with Gasteiger partial charge in [0, 0.05) is 22.8 Å². The van der Waals surface area contributed by atoms with Gasteiger partial charge in [-0.2, -0.15) is 0 Å². The molecule has 0 radical (unpaired) electrons. The molecule has 0 spiro atoms. The summed E-state index contributed by atoms with van der Waals surface area (Å²) >= 11 is 0.899. The van der Waals surface area contributed by atoms with E-state index in [-0.39, 0.29) is 0 Å². The Morgan fingerprint density at radius 3 is 1.34 bits per heavy atom. The SMILES string of the molecule is CCCCCCC1=C(c2cc(CCCC)cc(CCCC)c2)[N+](=[N-])C(c2cc(CCCC)cc(CCCC)c2)=C1.CC[O][Ni][O]CC. The molecule has 0 atom stereocenters. The molecule has 0 saturated carbocycles. The Morgan fingerprint density at radius 2 is 0.936 bits per heavy atom. The maximum absolute atomic E-state index is 11.9. The topological polar surface area (TPSA) is 43.8 Å². The summed E-state index contributed by atoms with van der Waals surface area (Å²) in [6.45, 7) is 16.6. The fraction of sp³-hybridized carbons (Fsp3) is 0.619. The molecule has 1 aliphatic rings. The Morgan fingerprint density at radius 1 is 0.511 bits per heavy atom. The van der Waals surface area contributed by atoms with Crippen LogP contribution < -0.4 is 0 Å². The van der Waals surface area contributed by atoms with E-state index in [1.54, 1.807) is 4.70 Å². The van der Waals surface area contributed by atoms with E-state index < -0.39 is 0 Å². The first kappa shape index (κ1) is 41.1. The number of hydrogen-bond donors (Lipinski definition) is 0. The molecule has 0 bridgehead atoms. The number of aryl methyl sites for hydroxylation is 4. The third kappa shape index (κ3) is 14.9. The van der Waals surface area contributed by atoms with Crippen molar-refractivity contribution in [1.29, 1.82) is 0 Å². The van der Waals surface area contributed by atoms with Gasteiger partial charge in [-0.25, -0.2) is 4.70 Å². The van der Waals surface area contributed by atoms with E-state index in [4.69, 9.17) is 7.76 Å². The van der Waals surface area contributed by atoms with Gasteiger partial charge >= 0.3 is 49.9 Å². The van der Waals surface area contributed by atoms with Gasteiger partial charge in [0.25, 0.3) is 0 Å². The van der Waals surface area contributed by atoms with Crippen LogP contribution >= 0.6 is 0 Å². The number of hydrogen-bond acceptors (Lipinski definition) is 2. The van der Waals surface area contributed by atoms with Crippen LogP contribution in [0.15, 0.2) is 48.0 Å². The Balaban J connectivity index is 0.000000984. The standard InChI is InChI=1S/C38H56N2.2C2H5O.Ni/c1-6-11-16-17-22-34-29-37(35-25-30(18-12-7-2)23-31(26-35)19-13-8-3)40(39)38(34)36-27-32(20-14-9-4)24-33(28-36)21-15-10-5;2*1-2-3;/h23-29H,6-22H2,1-5H3;2*2H2,1H3;/q;2*-1;+2. The summed E-state index contributed by atoms with van der Waals surface area (Å²) in [5.41, 5.74) is 23.1. The fourth-order valence-electron chi connectivity index (χ4n) is 6.01. The molecule has 266 valence electrons. The summed E-state index contributed by atoms with van der Waals surface area (Å²) in [6.07, 6.45) is 22.3. The molecule has 4 nitrogen and oxygen atoms in total. The van der Waals surface area contributed by atoms with Crippen LogP contribution in [0.4, 0.5) is 0 Å². The van der Waals surface area contributed by atoms with Gasteiger partial charge in [0.2, 0.25) is 11.4 Å². The zero-order chi connectivity index (χ0) is 34.3. The molecule has 1 aliphatic heterocycles. The van der Waals surface area contributed by atoms with Crippen LogP contribution in [0.3, 0.4) is 0 Å². The molecule has 0 aliphatic carbocycles. The maximum atomic E-state index is 11.9. The summed E-state index contributed by atoms with van der Waals surface area (Å²) in [5, 5.41) is 0. The number of benzene rings is 2. The molecule has 0 unspecified atom stereocenters. The zero-order valence-corrected chi connectivity index (χ0v) is 32.0. The number of allylic oxidation sites excluding steroid dienone is 2. The van der Waals surface area contributed by atoms with Crippen molar-refractivity contribution in [2.45, 2.75) is 158 Å². The van der Waals surface area contributed by atoms with Crippen LogP contribution in [0.25, 0.3) is 16.9 Å². The molecule has 0 saturated heterocycles. The molecule has 47 heavy (non-hydrogen) atoms. The van der Waals surface area contributed by atoms with Gasteiger partial charge < -0.3 is 5.53 Å². The van der Waals surface area contributed by atoms with Crippen LogP contribution in [0.2, 0.25) is 0 Å². The molecular formula is C42H66N2NiO2. The molecule has 0 amide bonds. The Bertz CT molecular complexity index is 1190. The second-order valence-electron chi connectivity index (χ2n) is 12.8. The number of nitrogens with zero attached hydrogens (tertiary/aromatic N) is 2. The Labute approximate surface area is 295 Å². The van der Waals surface area contributed by atoms with E-state index in [0.29, 0.717) is 13.2 Å². The van der Waals surface area contributed by atoms with Crippen molar-refractivity contribution < 1.29 is 27.5 Å². The summed E-state index contributed by atoms with van der Waals surface area (Å²) in [6, 6.07) is 14.2. The van der Waals surface area contributed by atoms with Gasteiger partial charge in [0.05, 0.1) is 0 Å². The molecule has 5 heteroatoms. The van der Waals surface area contributed by atoms with Crippen LogP contribution in [0, 0.1) is 0 Å². The molecule has 2 aromatic rings. The molecule has 2 aromatic carbocycles. The monoisotopic (exact) mass is 688 g/mol. The van der Waals surface area contributed by atoms with Gasteiger partial charge in [0.1, 0.15) is 0 Å². The van der Waals surface area contributed by atoms with E-state index in [0.717, 1.165) is 64.1 Å². The minimum atomic E-state index is 0.708. The predicted molar refractivity (Wildman–Crippen MR) is 198 cm³/mol. The van der Waals surface area contributed by atoms with Gasteiger partial charge in [-0.15, -0.1) is 0 Å². The van der Waals surface area contributed by atoms with Gasteiger partial charge in [-0.3, -0.25) is 0 Å². The average molecular weight is 690 g/mol. The van der Waals surface area contributed by atoms with Crippen molar-refractivity contribution in [3.63, 3.8) is 0 Å². The summed E-state index contributed by atoms with van der Waals surface area (Å²) in [7, 11) is 0. The fourth-order valence-corrected chi connectivity index (χ4v) is 6.32. The molecule has 0 aromatic heterocycles. The summed E-state index contributed by atoms with van der Waals surface area (Å²) in [4.78, 5) is 0. The summed E-state index contributed by atoms with van der Waals surface area (Å²) in [5.74, 6) is 0. The van der Waals surface area contributed by atoms with E-state index in [1.807, 2.05) is 13.8 Å². The van der Waals surface area contributed by atoms with Gasteiger partial charge in [-0.1, -0.05) is 91.7 Å². The van der Waals surface area contributed by atoms with Crippen molar-refractivity contribution in [2.75, 3.05) is 13.2 Å². The number of unbranched alkanes of at least 4 members (excludes halogenated alkanes) is 7. The minimum absolute atomic E-state index is 0.708. The second kappa shape index (κ2) is 25.0. The van der Waals surface area contributed by atoms with Crippen LogP contribution in [0.5, 0.6) is 0 Å². The Kier molecular flexibility index (Phi) is 21.9. The normalized spacial score (nSPS) is 12.9. The first-order chi connectivity index (χ1) is 23.0. The Hall–Kier alpha value is -2.07. The van der Waals surface area contributed by atoms with Gasteiger partial charge in [0.15, 0.2) is 0 Å². The van der Waals surface area contributed by atoms with E-state index in [1.165, 1.54) is 110 Å². The van der Waals surface area contributed by atoms with Crippen LogP contribution in [-0.2, 0) is 48.5 Å². The van der Waals surface area contributed by atoms with E-state index in [2.05, 4.69) is 77.1 Å². The van der Waals surface area contributed by atoms with Crippen molar-refractivity contribution in [3.05, 3.63) is 87.0 Å². The van der Waals surface area contributed by atoms with E-state index >= 15 is 0 Å². The average Bonchev–Trinajstić information content (AvgIpc) is 3.42. The third-order valence-corrected chi connectivity index (χ3v) is 9.37. The van der Waals surface area contributed by atoms with Crippen molar-refractivity contribution >= 4 is 11.4 Å². The first-order valence-corrected chi connectivity index (χ1v) is 19.8. The van der Waals surface area contributed by atoms with Crippen molar-refractivity contribution in [3.8, 4) is 0 Å². The molecule has 3 rings (SSSR count). The quantitative estimate of drug-likeness (QED) is 0.0662. The zero-order valence-electron chi connectivity index (χ0n) is 31.0. The van der Waals surface area contributed by atoms with E-state index in [9.17, 15) is 5.53 Å². The summed E-state index contributed by atoms with van der Waals surface area (Å²) < 4.78 is 11.1. The van der Waals surface area contributed by atoms with Crippen molar-refractivity contribution in [2.24, 2.45) is 0 Å². The molecular weight excluding hydrogens is 623 g/mol. The molecule has 0 N–H and O–H groups in total. The van der Waals surface area contributed by atoms with Gasteiger partial charge in [-0.05, 0) is 111 Å². The molecule has 1 heterocycles. The molecule has 0 fully saturated rings. The van der Waals surface area contributed by atoms with Crippen molar-refractivity contribution in [1.82, 2.24) is 0 Å². The van der Waals surface area contributed by atoms with Crippen LogP contribution in [-0.4, -0.2) is 17.9 Å². The first-order valence-electron chi connectivity index (χ1n) is 19.0. The number of rotatable bonds is 23. The third-order valence-electron chi connectivity index (χ3n) is 8.56. The van der Waals surface area contributed by atoms with Crippen LogP contribution in [0.1, 0.15) is 165 Å². The predicted octanol–water partition coefficient (Wildman–Crippen LogP) is 12.8.